The number of hydrogen-bond donors (Lipinski definition) is 2. The minimum Gasteiger partial charge on any atom is -0.870 e. The quantitative estimate of drug-likeness (QED) is 0.0837. The van der Waals surface area contributed by atoms with Crippen LogP contribution in [0, 0.1) is 0 Å². The number of aromatic nitrogens is 6. The minimum atomic E-state index is -0.958. The average molecular weight is 923 g/mol. The molecule has 0 saturated carbocycles. The molecule has 0 saturated heterocycles. The van der Waals surface area contributed by atoms with Crippen LogP contribution >= 0.6 is 0 Å². The monoisotopic (exact) mass is 922 g/mol. The molecule has 3 N–H and O–H groups in total. The number of carboxylic acid groups (broad SMARTS) is 1. The van der Waals surface area contributed by atoms with Gasteiger partial charge in [0.15, 0.2) is 0 Å². The van der Waals surface area contributed by atoms with Gasteiger partial charge in [-0.25, -0.2) is 29.3 Å². The predicted octanol–water partition coefficient (Wildman–Crippen LogP) is 4.08. The Labute approximate surface area is 407 Å². The molecule has 3 heterocycles. The van der Waals surface area contributed by atoms with Crippen molar-refractivity contribution in [1.82, 2.24) is 28.7 Å². The second kappa shape index (κ2) is 32.3. The Kier molecular flexibility index (Phi) is 29.1. The van der Waals surface area contributed by atoms with Crippen molar-refractivity contribution < 1.29 is 88.2 Å². The van der Waals surface area contributed by atoms with E-state index >= 15 is 0 Å². The number of carbonyl (C=O) groups excluding carboxylic acids is 4. The summed E-state index contributed by atoms with van der Waals surface area (Å²) in [4.78, 5) is 67.8. The fraction of sp³-hybridized carbons (Fsp3) is 0.319. The molecule has 0 fully saturated rings. The van der Waals surface area contributed by atoms with Gasteiger partial charge in [-0.05, 0) is 44.4 Å². The van der Waals surface area contributed by atoms with E-state index in [-0.39, 0.29) is 104 Å². The Hall–Kier alpha value is -6.44. The standard InChI is InChI=1S/C16H18N2O4.C14H16N2O2.C12H12N2O2.C4H8O3.CH4.Na.H2O/c1-12(13-6-4-3-5-7-13)18-11-17-10-14(18)16(20)22-9-8-15(19)21-2;1-3-18-14(17)13-9-15-10-16(13)11(2)12-7-5-4-6-8-12;1-9(10-5-3-2-4-6-10)14-8-13-7-11(14)12(15)16;1-7-4(6)2-3-5;;;/h3-7,10-12H,8-9H2,1-2H3;4-11H,3H2,1-2H3;2-9H,1H3,(H,15,16);5H,2-3H2,1H3;1H4;;1H2/q;;;;;+1;/p-1/t12-;11-;9-;;;;/m111..../s1. The largest absolute Gasteiger partial charge is 1.00 e. The van der Waals surface area contributed by atoms with Crippen molar-refractivity contribution in [3.63, 3.8) is 0 Å². The second-order valence-corrected chi connectivity index (χ2v) is 13.4. The van der Waals surface area contributed by atoms with E-state index in [1.165, 1.54) is 32.8 Å². The van der Waals surface area contributed by atoms with Gasteiger partial charge in [-0.3, -0.25) is 9.59 Å². The maximum atomic E-state index is 12.1. The molecule has 0 radical (unpaired) electrons. The van der Waals surface area contributed by atoms with Crippen LogP contribution in [-0.2, 0) is 28.5 Å². The first-order valence-corrected chi connectivity index (χ1v) is 19.9. The number of esters is 4. The van der Waals surface area contributed by atoms with E-state index in [0.717, 1.165) is 16.7 Å². The summed E-state index contributed by atoms with van der Waals surface area (Å²) in [5.74, 6) is -2.59. The van der Waals surface area contributed by atoms with Gasteiger partial charge in [-0.1, -0.05) is 98.4 Å². The third-order valence-electron chi connectivity index (χ3n) is 9.32. The van der Waals surface area contributed by atoms with Crippen LogP contribution in [0.5, 0.6) is 0 Å². The number of methoxy groups -OCH3 is 2. The molecule has 18 nitrogen and oxygen atoms in total. The van der Waals surface area contributed by atoms with Gasteiger partial charge >= 0.3 is 59.4 Å². The molecular formula is C47H59N6NaO12. The first kappa shape index (κ1) is 59.6. The van der Waals surface area contributed by atoms with Crippen LogP contribution in [0.4, 0.5) is 0 Å². The number of imidazole rings is 3. The zero-order chi connectivity index (χ0) is 46.1. The van der Waals surface area contributed by atoms with Crippen LogP contribution in [-0.4, -0.2) is 108 Å². The SMILES string of the molecule is C.CCOC(=O)c1cncn1[C@H](C)c1ccccc1.COC(=O)CCO.COC(=O)CCOC(=O)c1cncn1[C@H](C)c1ccccc1.C[C@H](c1ccccc1)n1cncc1C(=O)O.[Na+].[OH-]. The van der Waals surface area contributed by atoms with Crippen molar-refractivity contribution >= 4 is 29.8 Å². The Morgan fingerprint density at radius 3 is 1.23 bits per heavy atom. The normalized spacial score (nSPS) is 11.1. The third-order valence-corrected chi connectivity index (χ3v) is 9.32. The van der Waals surface area contributed by atoms with Crippen molar-refractivity contribution in [3.8, 4) is 0 Å². The predicted molar refractivity (Wildman–Crippen MR) is 240 cm³/mol. The maximum Gasteiger partial charge on any atom is 1.00 e. The van der Waals surface area contributed by atoms with Gasteiger partial charge in [0.2, 0.25) is 0 Å². The summed E-state index contributed by atoms with van der Waals surface area (Å²) in [5, 5.41) is 17.1. The molecule has 6 rings (SSSR count). The molecule has 0 amide bonds. The number of benzene rings is 3. The van der Waals surface area contributed by atoms with Gasteiger partial charge < -0.3 is 48.3 Å². The van der Waals surface area contributed by atoms with Crippen LogP contribution in [0.25, 0.3) is 0 Å². The number of aliphatic hydroxyl groups is 1. The van der Waals surface area contributed by atoms with E-state index in [9.17, 15) is 24.0 Å². The summed E-state index contributed by atoms with van der Waals surface area (Å²) < 4.78 is 24.0. The summed E-state index contributed by atoms with van der Waals surface area (Å²) in [7, 11) is 2.58. The Morgan fingerprint density at radius 1 is 0.576 bits per heavy atom. The summed E-state index contributed by atoms with van der Waals surface area (Å²) >= 11 is 0. The molecule has 3 aromatic carbocycles. The Morgan fingerprint density at radius 2 is 0.909 bits per heavy atom. The smallest absolute Gasteiger partial charge is 0.870 e. The van der Waals surface area contributed by atoms with Crippen LogP contribution in [0.3, 0.4) is 0 Å². The van der Waals surface area contributed by atoms with E-state index in [1.807, 2.05) is 116 Å². The first-order valence-electron chi connectivity index (χ1n) is 19.9. The maximum absolute atomic E-state index is 12.1. The molecule has 3 aromatic heterocycles. The number of rotatable bonds is 15. The molecule has 3 atom stereocenters. The van der Waals surface area contributed by atoms with Gasteiger partial charge in [0.25, 0.3) is 0 Å². The number of ether oxygens (including phenoxy) is 4. The number of hydrogen-bond acceptors (Lipinski definition) is 14. The van der Waals surface area contributed by atoms with Gasteiger partial charge in [0.05, 0.1) is 96.0 Å². The molecule has 0 aliphatic carbocycles. The molecule has 0 aliphatic rings. The summed E-state index contributed by atoms with van der Waals surface area (Å²) in [5.41, 5.74) is 4.28. The number of carbonyl (C=O) groups is 5. The number of carboxylic acids is 1. The Balaban J connectivity index is 0.000000884. The first-order chi connectivity index (χ1) is 30.4. The second-order valence-electron chi connectivity index (χ2n) is 13.4. The fourth-order valence-corrected chi connectivity index (χ4v) is 5.80. The zero-order valence-corrected chi connectivity index (χ0v) is 39.6. The van der Waals surface area contributed by atoms with E-state index in [1.54, 1.807) is 35.0 Å². The zero-order valence-electron chi connectivity index (χ0n) is 37.6. The number of aliphatic hydroxyl groups excluding tert-OH is 1. The van der Waals surface area contributed by atoms with E-state index in [4.69, 9.17) is 19.7 Å². The van der Waals surface area contributed by atoms with E-state index in [2.05, 4.69) is 24.4 Å². The topological polar surface area (TPSA) is 246 Å². The fourth-order valence-electron chi connectivity index (χ4n) is 5.80. The molecule has 0 spiro atoms. The molecule has 6 aromatic rings. The van der Waals surface area contributed by atoms with Gasteiger partial charge in [0, 0.05) is 0 Å². The van der Waals surface area contributed by atoms with Crippen molar-refractivity contribution in [3.05, 3.63) is 162 Å². The molecule has 350 valence electrons. The van der Waals surface area contributed by atoms with Gasteiger partial charge in [-0.2, -0.15) is 0 Å². The minimum absolute atomic E-state index is 0. The van der Waals surface area contributed by atoms with E-state index < -0.39 is 17.9 Å². The Bertz CT molecular complexity index is 2300. The van der Waals surface area contributed by atoms with Gasteiger partial charge in [-0.15, -0.1) is 0 Å². The number of aromatic carboxylic acids is 1. The van der Waals surface area contributed by atoms with Crippen LogP contribution in [0.15, 0.2) is 129 Å². The summed E-state index contributed by atoms with van der Waals surface area (Å²) in [6.45, 7) is 7.96. The van der Waals surface area contributed by atoms with Crippen molar-refractivity contribution in [2.24, 2.45) is 0 Å². The molecule has 0 aliphatic heterocycles. The molecule has 0 bridgehead atoms. The van der Waals surface area contributed by atoms with Crippen molar-refractivity contribution in [1.29, 1.82) is 0 Å². The van der Waals surface area contributed by atoms with Crippen LogP contribution < -0.4 is 29.6 Å². The molecule has 66 heavy (non-hydrogen) atoms. The number of nitrogens with zero attached hydrogens (tertiary/aromatic N) is 6. The van der Waals surface area contributed by atoms with Crippen LogP contribution in [0.1, 0.15) is 114 Å². The van der Waals surface area contributed by atoms with E-state index in [0.29, 0.717) is 18.0 Å². The summed E-state index contributed by atoms with van der Waals surface area (Å²) in [6.07, 6.45) is 9.28. The summed E-state index contributed by atoms with van der Waals surface area (Å²) in [6, 6.07) is 29.5. The molecule has 0 unspecified atom stereocenters. The van der Waals surface area contributed by atoms with Crippen molar-refractivity contribution in [2.45, 2.75) is 66.1 Å². The average Bonchev–Trinajstić information content (AvgIpc) is 4.12. The van der Waals surface area contributed by atoms with Crippen LogP contribution in [0.2, 0.25) is 0 Å². The third kappa shape index (κ3) is 18.6. The van der Waals surface area contributed by atoms with Crippen molar-refractivity contribution in [2.75, 3.05) is 34.0 Å². The van der Waals surface area contributed by atoms with Gasteiger partial charge in [0.1, 0.15) is 23.7 Å². The molecular weight excluding hydrogens is 864 g/mol. The molecule has 19 heteroatoms.